The summed E-state index contributed by atoms with van der Waals surface area (Å²) in [5.74, 6) is -3.54. The van der Waals surface area contributed by atoms with E-state index < -0.39 is 30.1 Å². The number of carbonyl (C=O) groups excluding carboxylic acids is 2. The van der Waals surface area contributed by atoms with E-state index >= 15 is 0 Å². The number of hydrogen-bond donors (Lipinski definition) is 1. The standard InChI is InChI=1S/C24H17F2N3O3S/c25-19-10-9-17(13-20(19)26)27-22(30)15-32-23(31)11-8-16-14-29(18-5-2-1-3-6-18)28-24(16)21-7-4-12-33-21/h1-14H,15H2,(H,27,30). The smallest absolute Gasteiger partial charge is 0.331 e. The molecule has 2 heterocycles. The fourth-order valence-corrected chi connectivity index (χ4v) is 3.67. The molecule has 0 unspecified atom stereocenters. The summed E-state index contributed by atoms with van der Waals surface area (Å²) in [4.78, 5) is 25.0. The molecular weight excluding hydrogens is 448 g/mol. The van der Waals surface area contributed by atoms with Gasteiger partial charge < -0.3 is 10.1 Å². The van der Waals surface area contributed by atoms with Gasteiger partial charge in [-0.25, -0.2) is 18.3 Å². The normalized spacial score (nSPS) is 11.0. The minimum absolute atomic E-state index is 0.0550. The van der Waals surface area contributed by atoms with Crippen molar-refractivity contribution in [2.75, 3.05) is 11.9 Å². The first-order valence-electron chi connectivity index (χ1n) is 9.78. The molecule has 0 fully saturated rings. The highest BCUT2D eigenvalue weighted by Gasteiger charge is 2.13. The van der Waals surface area contributed by atoms with Crippen molar-refractivity contribution in [3.05, 3.63) is 95.5 Å². The number of anilines is 1. The molecule has 166 valence electrons. The zero-order chi connectivity index (χ0) is 23.2. The number of halogens is 2. The van der Waals surface area contributed by atoms with Crippen molar-refractivity contribution in [3.8, 4) is 16.3 Å². The number of aromatic nitrogens is 2. The maximum absolute atomic E-state index is 13.2. The quantitative estimate of drug-likeness (QED) is 0.305. The van der Waals surface area contributed by atoms with Gasteiger partial charge in [-0.3, -0.25) is 4.79 Å². The van der Waals surface area contributed by atoms with Crippen LogP contribution in [-0.2, 0) is 14.3 Å². The van der Waals surface area contributed by atoms with E-state index in [1.54, 1.807) is 17.0 Å². The highest BCUT2D eigenvalue weighted by molar-refractivity contribution is 7.13. The van der Waals surface area contributed by atoms with Gasteiger partial charge in [0.2, 0.25) is 0 Å². The van der Waals surface area contributed by atoms with E-state index in [0.29, 0.717) is 11.3 Å². The van der Waals surface area contributed by atoms with Crippen molar-refractivity contribution in [2.45, 2.75) is 0 Å². The number of thiophene rings is 1. The number of hydrogen-bond acceptors (Lipinski definition) is 5. The summed E-state index contributed by atoms with van der Waals surface area (Å²) in [5.41, 5.74) is 2.32. The Hall–Kier alpha value is -4.11. The van der Waals surface area contributed by atoms with Crippen molar-refractivity contribution in [3.63, 3.8) is 0 Å². The third-order valence-electron chi connectivity index (χ3n) is 4.47. The predicted octanol–water partition coefficient (Wildman–Crippen LogP) is 5.07. The number of para-hydroxylation sites is 1. The molecule has 0 saturated carbocycles. The largest absolute Gasteiger partial charge is 0.452 e. The lowest BCUT2D eigenvalue weighted by Gasteiger charge is -2.05. The Morgan fingerprint density at radius 1 is 1.06 bits per heavy atom. The van der Waals surface area contributed by atoms with Gasteiger partial charge in [0, 0.05) is 29.6 Å². The molecule has 9 heteroatoms. The summed E-state index contributed by atoms with van der Waals surface area (Å²) in [7, 11) is 0. The summed E-state index contributed by atoms with van der Waals surface area (Å²) in [6.45, 7) is -0.580. The zero-order valence-corrected chi connectivity index (χ0v) is 17.9. The van der Waals surface area contributed by atoms with E-state index in [2.05, 4.69) is 10.4 Å². The second-order valence-corrected chi connectivity index (χ2v) is 7.76. The molecule has 33 heavy (non-hydrogen) atoms. The van der Waals surface area contributed by atoms with Gasteiger partial charge in [-0.2, -0.15) is 5.10 Å². The Labute approximate surface area is 191 Å². The average Bonchev–Trinajstić information content (AvgIpc) is 3.49. The van der Waals surface area contributed by atoms with Crippen molar-refractivity contribution >= 4 is 35.0 Å². The third-order valence-corrected chi connectivity index (χ3v) is 5.34. The first-order valence-corrected chi connectivity index (χ1v) is 10.7. The van der Waals surface area contributed by atoms with Crippen LogP contribution >= 0.6 is 11.3 Å². The maximum Gasteiger partial charge on any atom is 0.331 e. The van der Waals surface area contributed by atoms with E-state index in [1.165, 1.54) is 23.5 Å². The number of nitrogens with one attached hydrogen (secondary N) is 1. The van der Waals surface area contributed by atoms with Gasteiger partial charge in [0.05, 0.1) is 10.6 Å². The number of amides is 1. The first-order chi connectivity index (χ1) is 16.0. The van der Waals surface area contributed by atoms with Crippen LogP contribution < -0.4 is 5.32 Å². The first kappa shape index (κ1) is 22.1. The van der Waals surface area contributed by atoms with Gasteiger partial charge in [-0.15, -0.1) is 11.3 Å². The number of ether oxygens (including phenoxy) is 1. The van der Waals surface area contributed by atoms with Gasteiger partial charge in [0.1, 0.15) is 5.69 Å². The Balaban J connectivity index is 1.42. The summed E-state index contributed by atoms with van der Waals surface area (Å²) in [6.07, 6.45) is 4.56. The molecule has 0 bridgehead atoms. The number of nitrogens with zero attached hydrogens (tertiary/aromatic N) is 2. The van der Waals surface area contributed by atoms with Crippen LogP contribution in [0.3, 0.4) is 0 Å². The summed E-state index contributed by atoms with van der Waals surface area (Å²) in [6, 6.07) is 16.3. The second-order valence-electron chi connectivity index (χ2n) is 6.81. The molecule has 0 spiro atoms. The Kier molecular flexibility index (Phi) is 6.70. The minimum atomic E-state index is -1.09. The van der Waals surface area contributed by atoms with Crippen molar-refractivity contribution in [2.24, 2.45) is 0 Å². The van der Waals surface area contributed by atoms with E-state index in [4.69, 9.17) is 4.74 Å². The molecule has 6 nitrogen and oxygen atoms in total. The van der Waals surface area contributed by atoms with E-state index in [-0.39, 0.29) is 5.69 Å². The molecule has 4 rings (SSSR count). The lowest BCUT2D eigenvalue weighted by atomic mass is 10.2. The topological polar surface area (TPSA) is 73.2 Å². The molecule has 0 saturated heterocycles. The summed E-state index contributed by atoms with van der Waals surface area (Å²) < 4.78 is 32.8. The van der Waals surface area contributed by atoms with Crippen LogP contribution in [0.5, 0.6) is 0 Å². The fraction of sp³-hybridized carbons (Fsp3) is 0.0417. The Morgan fingerprint density at radius 2 is 1.88 bits per heavy atom. The number of esters is 1. The molecule has 1 N–H and O–H groups in total. The van der Waals surface area contributed by atoms with Gasteiger partial charge in [0.15, 0.2) is 18.2 Å². The predicted molar refractivity (Wildman–Crippen MR) is 122 cm³/mol. The van der Waals surface area contributed by atoms with Crippen LogP contribution in [0.25, 0.3) is 22.3 Å². The van der Waals surface area contributed by atoms with E-state index in [9.17, 15) is 18.4 Å². The molecule has 0 aliphatic rings. The molecule has 4 aromatic rings. The van der Waals surface area contributed by atoms with E-state index in [1.807, 2.05) is 47.8 Å². The molecule has 0 radical (unpaired) electrons. The van der Waals surface area contributed by atoms with Crippen LogP contribution in [0.2, 0.25) is 0 Å². The van der Waals surface area contributed by atoms with E-state index in [0.717, 1.165) is 22.7 Å². The Bertz CT molecular complexity index is 1300. The summed E-state index contributed by atoms with van der Waals surface area (Å²) >= 11 is 1.52. The van der Waals surface area contributed by atoms with Gasteiger partial charge >= 0.3 is 5.97 Å². The molecule has 2 aromatic carbocycles. The minimum Gasteiger partial charge on any atom is -0.452 e. The molecule has 1 amide bonds. The number of rotatable bonds is 7. The van der Waals surface area contributed by atoms with Crippen LogP contribution in [0.1, 0.15) is 5.56 Å². The summed E-state index contributed by atoms with van der Waals surface area (Å²) in [5, 5.41) is 8.90. The average molecular weight is 465 g/mol. The van der Waals surface area contributed by atoms with Crippen LogP contribution in [0.4, 0.5) is 14.5 Å². The SMILES string of the molecule is O=C(COC(=O)C=Cc1cn(-c2ccccc2)nc1-c1cccs1)Nc1ccc(F)c(F)c1. The van der Waals surface area contributed by atoms with Gasteiger partial charge in [-0.1, -0.05) is 24.3 Å². The molecule has 0 atom stereocenters. The fourth-order valence-electron chi connectivity index (χ4n) is 2.94. The van der Waals surface area contributed by atoms with Crippen LogP contribution in [0.15, 0.2) is 78.3 Å². The zero-order valence-electron chi connectivity index (χ0n) is 17.1. The third kappa shape index (κ3) is 5.58. The molecule has 0 aliphatic heterocycles. The van der Waals surface area contributed by atoms with Crippen LogP contribution in [0, 0.1) is 11.6 Å². The van der Waals surface area contributed by atoms with Crippen molar-refractivity contribution in [1.82, 2.24) is 9.78 Å². The maximum atomic E-state index is 13.2. The highest BCUT2D eigenvalue weighted by Crippen LogP contribution is 2.28. The highest BCUT2D eigenvalue weighted by atomic mass is 32.1. The van der Waals surface area contributed by atoms with Crippen molar-refractivity contribution in [1.29, 1.82) is 0 Å². The molecular formula is C24H17F2N3O3S. The monoisotopic (exact) mass is 465 g/mol. The molecule has 2 aromatic heterocycles. The van der Waals surface area contributed by atoms with Gasteiger partial charge in [0.25, 0.3) is 5.91 Å². The number of benzene rings is 2. The van der Waals surface area contributed by atoms with Gasteiger partial charge in [-0.05, 0) is 41.8 Å². The Morgan fingerprint density at radius 3 is 2.61 bits per heavy atom. The van der Waals surface area contributed by atoms with Crippen LogP contribution in [-0.4, -0.2) is 28.3 Å². The second kappa shape index (κ2) is 10.0. The lowest BCUT2D eigenvalue weighted by molar-refractivity contribution is -0.142. The molecule has 0 aliphatic carbocycles. The lowest BCUT2D eigenvalue weighted by Crippen LogP contribution is -2.20. The number of carbonyl (C=O) groups is 2. The van der Waals surface area contributed by atoms with Crippen molar-refractivity contribution < 1.29 is 23.1 Å².